The second kappa shape index (κ2) is 4.56. The summed E-state index contributed by atoms with van der Waals surface area (Å²) in [6.45, 7) is 1.92. The van der Waals surface area contributed by atoms with Crippen molar-refractivity contribution in [2.75, 3.05) is 16.8 Å². The molecular formula is C12H15FN2OS. The first-order chi connectivity index (χ1) is 7.99. The molecule has 0 aromatic heterocycles. The van der Waals surface area contributed by atoms with Crippen molar-refractivity contribution in [2.24, 2.45) is 0 Å². The number of hydrogen-bond donors (Lipinski definition) is 2. The highest BCUT2D eigenvalue weighted by Crippen LogP contribution is 2.38. The highest BCUT2D eigenvalue weighted by molar-refractivity contribution is 8.01. The topological polar surface area (TPSA) is 55.1 Å². The smallest absolute Gasteiger partial charge is 0.240 e. The zero-order valence-corrected chi connectivity index (χ0v) is 10.4. The summed E-state index contributed by atoms with van der Waals surface area (Å²) in [5.41, 5.74) is 6.25. The first kappa shape index (κ1) is 12.2. The van der Waals surface area contributed by atoms with E-state index in [4.69, 9.17) is 5.73 Å². The number of thioether (sulfide) groups is 1. The molecular weight excluding hydrogens is 239 g/mol. The third-order valence-electron chi connectivity index (χ3n) is 2.88. The predicted octanol–water partition coefficient (Wildman–Crippen LogP) is 2.63. The Morgan fingerprint density at radius 2 is 2.29 bits per heavy atom. The molecule has 0 bridgehead atoms. The molecule has 2 rings (SSSR count). The summed E-state index contributed by atoms with van der Waals surface area (Å²) in [5, 5.41) is 2.73. The van der Waals surface area contributed by atoms with Crippen LogP contribution in [0.4, 0.5) is 15.8 Å². The normalized spacial score (nSPS) is 23.6. The van der Waals surface area contributed by atoms with E-state index in [0.717, 1.165) is 18.6 Å². The number of nitrogen functional groups attached to an aromatic ring is 1. The van der Waals surface area contributed by atoms with Crippen molar-refractivity contribution in [3.8, 4) is 0 Å². The van der Waals surface area contributed by atoms with Gasteiger partial charge in [-0.15, -0.1) is 11.8 Å². The molecule has 1 unspecified atom stereocenters. The molecule has 0 aliphatic carbocycles. The van der Waals surface area contributed by atoms with Gasteiger partial charge in [0.05, 0.1) is 4.75 Å². The van der Waals surface area contributed by atoms with Gasteiger partial charge in [-0.3, -0.25) is 4.79 Å². The maximum Gasteiger partial charge on any atom is 0.240 e. The van der Waals surface area contributed by atoms with Gasteiger partial charge >= 0.3 is 0 Å². The maximum absolute atomic E-state index is 13.1. The van der Waals surface area contributed by atoms with Gasteiger partial charge < -0.3 is 11.1 Å². The van der Waals surface area contributed by atoms with E-state index in [0.29, 0.717) is 11.4 Å². The summed E-state index contributed by atoms with van der Waals surface area (Å²) < 4.78 is 12.7. The summed E-state index contributed by atoms with van der Waals surface area (Å²) in [5.74, 6) is 0.476. The third kappa shape index (κ3) is 2.72. The highest BCUT2D eigenvalue weighted by Gasteiger charge is 2.37. The standard InChI is InChI=1S/C12H15FN2OS/c1-12(3-2-4-17-12)11(16)15-10-6-8(13)5-9(14)7-10/h5-7H,2-4,14H2,1H3,(H,15,16). The molecule has 1 aromatic carbocycles. The fourth-order valence-electron chi connectivity index (χ4n) is 1.91. The van der Waals surface area contributed by atoms with Crippen molar-refractivity contribution in [1.82, 2.24) is 0 Å². The Morgan fingerprint density at radius 3 is 2.88 bits per heavy atom. The molecule has 3 N–H and O–H groups in total. The molecule has 1 fully saturated rings. The van der Waals surface area contributed by atoms with Crippen molar-refractivity contribution < 1.29 is 9.18 Å². The average molecular weight is 254 g/mol. The van der Waals surface area contributed by atoms with Crippen LogP contribution in [0.2, 0.25) is 0 Å². The highest BCUT2D eigenvalue weighted by atomic mass is 32.2. The van der Waals surface area contributed by atoms with Gasteiger partial charge in [-0.2, -0.15) is 0 Å². The van der Waals surface area contributed by atoms with Crippen LogP contribution in [0, 0.1) is 5.82 Å². The molecule has 92 valence electrons. The zero-order chi connectivity index (χ0) is 12.5. The van der Waals surface area contributed by atoms with E-state index in [1.165, 1.54) is 12.1 Å². The summed E-state index contributed by atoms with van der Waals surface area (Å²) in [6.07, 6.45) is 1.90. The molecule has 1 atom stereocenters. The minimum Gasteiger partial charge on any atom is -0.399 e. The van der Waals surface area contributed by atoms with Gasteiger partial charge in [0.25, 0.3) is 0 Å². The fraction of sp³-hybridized carbons (Fsp3) is 0.417. The largest absolute Gasteiger partial charge is 0.399 e. The number of anilines is 2. The lowest BCUT2D eigenvalue weighted by Gasteiger charge is -2.21. The van der Waals surface area contributed by atoms with E-state index in [1.54, 1.807) is 17.8 Å². The van der Waals surface area contributed by atoms with Crippen LogP contribution in [0.1, 0.15) is 19.8 Å². The van der Waals surface area contributed by atoms with Gasteiger partial charge in [0.2, 0.25) is 5.91 Å². The molecule has 5 heteroatoms. The van der Waals surface area contributed by atoms with E-state index >= 15 is 0 Å². The van der Waals surface area contributed by atoms with E-state index in [1.807, 2.05) is 6.92 Å². The van der Waals surface area contributed by atoms with Crippen molar-refractivity contribution in [2.45, 2.75) is 24.5 Å². The number of nitrogens with one attached hydrogen (secondary N) is 1. The fourth-order valence-corrected chi connectivity index (χ4v) is 3.12. The number of carbonyl (C=O) groups excluding carboxylic acids is 1. The molecule has 1 amide bonds. The van der Waals surface area contributed by atoms with Crippen molar-refractivity contribution in [3.05, 3.63) is 24.0 Å². The first-order valence-electron chi connectivity index (χ1n) is 5.51. The van der Waals surface area contributed by atoms with Crippen LogP contribution in [0.3, 0.4) is 0 Å². The van der Waals surface area contributed by atoms with E-state index < -0.39 is 10.6 Å². The molecule has 1 heterocycles. The molecule has 1 aromatic rings. The quantitative estimate of drug-likeness (QED) is 0.798. The third-order valence-corrected chi connectivity index (χ3v) is 4.40. The Kier molecular flexibility index (Phi) is 3.28. The molecule has 0 spiro atoms. The molecule has 3 nitrogen and oxygen atoms in total. The molecule has 17 heavy (non-hydrogen) atoms. The lowest BCUT2D eigenvalue weighted by molar-refractivity contribution is -0.118. The molecule has 1 saturated heterocycles. The summed E-state index contributed by atoms with van der Waals surface area (Å²) in [6, 6.07) is 4.06. The van der Waals surface area contributed by atoms with Crippen LogP contribution in [-0.2, 0) is 4.79 Å². The zero-order valence-electron chi connectivity index (χ0n) is 9.63. The van der Waals surface area contributed by atoms with Crippen LogP contribution in [-0.4, -0.2) is 16.4 Å². The Balaban J connectivity index is 2.12. The Labute approximate surface area is 104 Å². The van der Waals surface area contributed by atoms with Crippen LogP contribution in [0.15, 0.2) is 18.2 Å². The SMILES string of the molecule is CC1(C(=O)Nc2cc(N)cc(F)c2)CCCS1. The number of hydrogen-bond acceptors (Lipinski definition) is 3. The summed E-state index contributed by atoms with van der Waals surface area (Å²) >= 11 is 1.64. The second-order valence-corrected chi connectivity index (χ2v) is 6.01. The van der Waals surface area contributed by atoms with Gasteiger partial charge in [0.15, 0.2) is 0 Å². The van der Waals surface area contributed by atoms with Gasteiger partial charge in [-0.05, 0) is 43.7 Å². The predicted molar refractivity (Wildman–Crippen MR) is 69.5 cm³/mol. The Hall–Kier alpha value is -1.23. The summed E-state index contributed by atoms with van der Waals surface area (Å²) in [4.78, 5) is 12.1. The number of halogens is 1. The maximum atomic E-state index is 13.1. The van der Waals surface area contributed by atoms with E-state index in [9.17, 15) is 9.18 Å². The van der Waals surface area contributed by atoms with Crippen LogP contribution in [0.25, 0.3) is 0 Å². The van der Waals surface area contributed by atoms with Gasteiger partial charge in [0.1, 0.15) is 5.82 Å². The minimum atomic E-state index is -0.440. The lowest BCUT2D eigenvalue weighted by Crippen LogP contribution is -2.34. The number of nitrogens with two attached hydrogens (primary N) is 1. The van der Waals surface area contributed by atoms with Crippen LogP contribution in [0.5, 0.6) is 0 Å². The van der Waals surface area contributed by atoms with Crippen molar-refractivity contribution in [1.29, 1.82) is 0 Å². The lowest BCUT2D eigenvalue weighted by atomic mass is 10.0. The number of benzene rings is 1. The first-order valence-corrected chi connectivity index (χ1v) is 6.50. The molecule has 0 radical (unpaired) electrons. The van der Waals surface area contributed by atoms with Crippen molar-refractivity contribution >= 4 is 29.0 Å². The Bertz CT molecular complexity index is 424. The van der Waals surface area contributed by atoms with E-state index in [-0.39, 0.29) is 5.91 Å². The number of amides is 1. The number of rotatable bonds is 2. The molecule has 1 aliphatic heterocycles. The van der Waals surface area contributed by atoms with Gasteiger partial charge in [0, 0.05) is 11.4 Å². The second-order valence-electron chi connectivity index (χ2n) is 4.41. The van der Waals surface area contributed by atoms with Gasteiger partial charge in [-0.1, -0.05) is 0 Å². The molecule has 1 aliphatic rings. The van der Waals surface area contributed by atoms with E-state index in [2.05, 4.69) is 5.32 Å². The Morgan fingerprint density at radius 1 is 1.53 bits per heavy atom. The van der Waals surface area contributed by atoms with Crippen LogP contribution < -0.4 is 11.1 Å². The molecule has 0 saturated carbocycles. The number of carbonyl (C=O) groups is 1. The average Bonchev–Trinajstić information content (AvgIpc) is 2.64. The van der Waals surface area contributed by atoms with Gasteiger partial charge in [-0.25, -0.2) is 4.39 Å². The minimum absolute atomic E-state index is 0.0787. The van der Waals surface area contributed by atoms with Crippen LogP contribution >= 0.6 is 11.8 Å². The monoisotopic (exact) mass is 254 g/mol. The summed E-state index contributed by atoms with van der Waals surface area (Å²) in [7, 11) is 0. The van der Waals surface area contributed by atoms with Crippen molar-refractivity contribution in [3.63, 3.8) is 0 Å².